The van der Waals surface area contributed by atoms with Gasteiger partial charge in [-0.2, -0.15) is 11.8 Å². The highest BCUT2D eigenvalue weighted by molar-refractivity contribution is 7.97. The number of carbonyl (C=O) groups is 1. The minimum atomic E-state index is 0.153. The van der Waals surface area contributed by atoms with Crippen molar-refractivity contribution >= 4 is 28.7 Å². The Morgan fingerprint density at radius 2 is 2.00 bits per heavy atom. The lowest BCUT2D eigenvalue weighted by atomic mass is 9.89. The molecule has 1 aromatic carbocycles. The molecule has 3 heterocycles. The van der Waals surface area contributed by atoms with Crippen molar-refractivity contribution in [2.45, 2.75) is 24.5 Å². The molecule has 0 radical (unpaired) electrons. The average Bonchev–Trinajstić information content (AvgIpc) is 3.13. The molecule has 1 saturated heterocycles. The summed E-state index contributed by atoms with van der Waals surface area (Å²) in [5.74, 6) is 1.62. The van der Waals surface area contributed by atoms with Gasteiger partial charge in [0, 0.05) is 42.2 Å². The van der Waals surface area contributed by atoms with Crippen LogP contribution in [-0.2, 0) is 5.75 Å². The Kier molecular flexibility index (Phi) is 4.98. The molecule has 1 N–H and O–H groups in total. The van der Waals surface area contributed by atoms with E-state index in [1.54, 1.807) is 11.8 Å². The van der Waals surface area contributed by atoms with Gasteiger partial charge < -0.3 is 9.88 Å². The maximum atomic E-state index is 12.8. The van der Waals surface area contributed by atoms with E-state index in [2.05, 4.69) is 40.6 Å². The third-order valence-corrected chi connectivity index (χ3v) is 5.84. The molecule has 0 aliphatic carbocycles. The maximum Gasteiger partial charge on any atom is 0.253 e. The number of amides is 1. The van der Waals surface area contributed by atoms with Crippen molar-refractivity contribution in [3.8, 4) is 0 Å². The van der Waals surface area contributed by atoms with Crippen molar-refractivity contribution in [1.82, 2.24) is 14.9 Å². The van der Waals surface area contributed by atoms with Crippen LogP contribution in [0.5, 0.6) is 0 Å². The zero-order valence-electron chi connectivity index (χ0n) is 14.9. The van der Waals surface area contributed by atoms with Crippen LogP contribution in [0.15, 0.2) is 48.8 Å². The second-order valence-electron chi connectivity index (χ2n) is 6.84. The molecule has 134 valence electrons. The summed E-state index contributed by atoms with van der Waals surface area (Å²) in [6.07, 6.45) is 7.99. The average molecular weight is 366 g/mol. The predicted molar refractivity (Wildman–Crippen MR) is 108 cm³/mol. The van der Waals surface area contributed by atoms with Crippen LogP contribution in [0.25, 0.3) is 11.0 Å². The molecule has 4 nitrogen and oxygen atoms in total. The van der Waals surface area contributed by atoms with Gasteiger partial charge in [0.05, 0.1) is 0 Å². The minimum Gasteiger partial charge on any atom is -0.346 e. The molecule has 1 fully saturated rings. The molecule has 2 aromatic heterocycles. The predicted octanol–water partition coefficient (Wildman–Crippen LogP) is 4.45. The summed E-state index contributed by atoms with van der Waals surface area (Å²) in [5, 5.41) is 1.21. The fourth-order valence-corrected chi connectivity index (χ4v) is 4.33. The van der Waals surface area contributed by atoms with Crippen LogP contribution in [0.1, 0.15) is 40.2 Å². The Balaban J connectivity index is 1.42. The van der Waals surface area contributed by atoms with Gasteiger partial charge in [-0.25, -0.2) is 4.98 Å². The van der Waals surface area contributed by atoms with Gasteiger partial charge in [-0.05, 0) is 60.4 Å². The number of piperidine rings is 1. The Bertz CT molecular complexity index is 895. The number of aromatic nitrogens is 2. The number of rotatable bonds is 4. The first-order valence-corrected chi connectivity index (χ1v) is 10.4. The number of nitrogens with one attached hydrogen (secondary N) is 1. The van der Waals surface area contributed by atoms with E-state index >= 15 is 0 Å². The summed E-state index contributed by atoms with van der Waals surface area (Å²) < 4.78 is 0. The van der Waals surface area contributed by atoms with Gasteiger partial charge >= 0.3 is 0 Å². The smallest absolute Gasteiger partial charge is 0.253 e. The van der Waals surface area contributed by atoms with Crippen LogP contribution in [0.3, 0.4) is 0 Å². The standard InChI is InChI=1S/C21H23N3OS/c1-26-14-15-4-6-17(7-5-15)21(25)24-11-8-16(9-12-24)19-13-23-20-18(19)3-2-10-22-20/h2-7,10,13,16H,8-9,11-12,14H2,1H3,(H,22,23). The van der Waals surface area contributed by atoms with Crippen molar-refractivity contribution in [3.63, 3.8) is 0 Å². The second-order valence-corrected chi connectivity index (χ2v) is 7.71. The Hall–Kier alpha value is -2.27. The van der Waals surface area contributed by atoms with Gasteiger partial charge in [0.25, 0.3) is 5.91 Å². The summed E-state index contributed by atoms with van der Waals surface area (Å²) in [4.78, 5) is 22.4. The summed E-state index contributed by atoms with van der Waals surface area (Å²) in [5.41, 5.74) is 4.35. The molecule has 5 heteroatoms. The van der Waals surface area contributed by atoms with Crippen molar-refractivity contribution in [1.29, 1.82) is 0 Å². The van der Waals surface area contributed by atoms with Gasteiger partial charge in [0.2, 0.25) is 0 Å². The van der Waals surface area contributed by atoms with Crippen molar-refractivity contribution in [2.75, 3.05) is 19.3 Å². The number of fused-ring (bicyclic) bond motifs is 1. The van der Waals surface area contributed by atoms with Gasteiger partial charge in [0.1, 0.15) is 5.65 Å². The van der Waals surface area contributed by atoms with Crippen LogP contribution in [0, 0.1) is 0 Å². The quantitative estimate of drug-likeness (QED) is 0.743. The first-order valence-electron chi connectivity index (χ1n) is 9.05. The van der Waals surface area contributed by atoms with E-state index in [-0.39, 0.29) is 5.91 Å². The molecule has 0 bridgehead atoms. The SMILES string of the molecule is CSCc1ccc(C(=O)N2CCC(c3c[nH]c4ncccc34)CC2)cc1. The number of likely N-dealkylation sites (tertiary alicyclic amines) is 1. The fraction of sp³-hybridized carbons (Fsp3) is 0.333. The van der Waals surface area contributed by atoms with E-state index in [1.807, 2.05) is 29.3 Å². The largest absolute Gasteiger partial charge is 0.346 e. The Morgan fingerprint density at radius 3 is 2.73 bits per heavy atom. The van der Waals surface area contributed by atoms with Crippen LogP contribution >= 0.6 is 11.8 Å². The third kappa shape index (κ3) is 3.36. The molecular formula is C21H23N3OS. The first-order chi connectivity index (χ1) is 12.8. The number of pyridine rings is 1. The molecule has 1 amide bonds. The molecule has 0 atom stereocenters. The van der Waals surface area contributed by atoms with Gasteiger partial charge in [0.15, 0.2) is 0 Å². The molecule has 1 aliphatic heterocycles. The third-order valence-electron chi connectivity index (χ3n) is 5.22. The lowest BCUT2D eigenvalue weighted by molar-refractivity contribution is 0.0713. The van der Waals surface area contributed by atoms with Crippen LogP contribution < -0.4 is 0 Å². The van der Waals surface area contributed by atoms with E-state index in [1.165, 1.54) is 16.5 Å². The second kappa shape index (κ2) is 7.54. The van der Waals surface area contributed by atoms with Crippen molar-refractivity contribution < 1.29 is 4.79 Å². The van der Waals surface area contributed by atoms with Gasteiger partial charge in [-0.1, -0.05) is 12.1 Å². The van der Waals surface area contributed by atoms with Gasteiger partial charge in [-0.3, -0.25) is 4.79 Å². The molecule has 26 heavy (non-hydrogen) atoms. The van der Waals surface area contributed by atoms with E-state index in [4.69, 9.17) is 0 Å². The van der Waals surface area contributed by atoms with E-state index in [0.717, 1.165) is 42.9 Å². The molecule has 4 rings (SSSR count). The number of H-pyrrole nitrogens is 1. The topological polar surface area (TPSA) is 49.0 Å². The highest BCUT2D eigenvalue weighted by Crippen LogP contribution is 2.32. The number of thioether (sulfide) groups is 1. The molecule has 0 unspecified atom stereocenters. The number of hydrogen-bond donors (Lipinski definition) is 1. The summed E-state index contributed by atoms with van der Waals surface area (Å²) >= 11 is 1.79. The number of aromatic amines is 1. The summed E-state index contributed by atoms with van der Waals surface area (Å²) in [7, 11) is 0. The van der Waals surface area contributed by atoms with Crippen LogP contribution in [-0.4, -0.2) is 40.1 Å². The Morgan fingerprint density at radius 1 is 1.23 bits per heavy atom. The molecule has 3 aromatic rings. The van der Waals surface area contributed by atoms with E-state index < -0.39 is 0 Å². The normalized spacial score (nSPS) is 15.5. The van der Waals surface area contributed by atoms with Crippen LogP contribution in [0.4, 0.5) is 0 Å². The summed E-state index contributed by atoms with van der Waals surface area (Å²) in [6.45, 7) is 1.62. The highest BCUT2D eigenvalue weighted by atomic mass is 32.2. The maximum absolute atomic E-state index is 12.8. The van der Waals surface area contributed by atoms with Crippen molar-refractivity contribution in [3.05, 3.63) is 65.5 Å². The highest BCUT2D eigenvalue weighted by Gasteiger charge is 2.26. The fourth-order valence-electron chi connectivity index (χ4n) is 3.80. The minimum absolute atomic E-state index is 0.153. The zero-order valence-corrected chi connectivity index (χ0v) is 15.8. The molecule has 0 spiro atoms. The number of benzene rings is 1. The lowest BCUT2D eigenvalue weighted by Crippen LogP contribution is -2.37. The van der Waals surface area contributed by atoms with Crippen molar-refractivity contribution in [2.24, 2.45) is 0 Å². The zero-order chi connectivity index (χ0) is 17.9. The number of nitrogens with zero attached hydrogens (tertiary/aromatic N) is 2. The number of carbonyl (C=O) groups excluding carboxylic acids is 1. The molecule has 1 aliphatic rings. The van der Waals surface area contributed by atoms with Gasteiger partial charge in [-0.15, -0.1) is 0 Å². The number of hydrogen-bond acceptors (Lipinski definition) is 3. The monoisotopic (exact) mass is 365 g/mol. The van der Waals surface area contributed by atoms with E-state index in [0.29, 0.717) is 5.92 Å². The first kappa shape index (κ1) is 17.2. The molecule has 0 saturated carbocycles. The lowest BCUT2D eigenvalue weighted by Gasteiger charge is -2.32. The summed E-state index contributed by atoms with van der Waals surface area (Å²) in [6, 6.07) is 12.2. The Labute approximate surface area is 158 Å². The molecular weight excluding hydrogens is 342 g/mol. The van der Waals surface area contributed by atoms with Crippen LogP contribution in [0.2, 0.25) is 0 Å². The van der Waals surface area contributed by atoms with E-state index in [9.17, 15) is 4.79 Å².